The summed E-state index contributed by atoms with van der Waals surface area (Å²) in [6, 6.07) is 10.3. The highest BCUT2D eigenvalue weighted by molar-refractivity contribution is 7.10. The standard InChI is InChI=1S/C31H39N7O2S/c1-20-24(16-26(39)23-11-9-22(10-12-23)21-7-8-21)6-5-15-38(20)27-18-33-29(30(32)40)31(34-27)35-28-17-25(36-41-28)19-37-13-3-2-4-14-37/h9-12,17-18,20-21,24H,2-8,13-16,19H2,1H3,(H2,32,40)(H,34,35)/t20-,24+/m1/s1. The molecule has 3 aromatic rings. The van der Waals surface area contributed by atoms with Crippen molar-refractivity contribution in [1.82, 2.24) is 19.2 Å². The Balaban J connectivity index is 1.14. The van der Waals surface area contributed by atoms with Gasteiger partial charge in [-0.05, 0) is 93.5 Å². The third kappa shape index (κ3) is 6.59. The van der Waals surface area contributed by atoms with Gasteiger partial charge in [-0.2, -0.15) is 4.37 Å². The fraction of sp³-hybridized carbons (Fsp3) is 0.516. The van der Waals surface area contributed by atoms with Crippen LogP contribution in [0, 0.1) is 5.92 Å². The Kier molecular flexibility index (Phi) is 8.30. The average Bonchev–Trinajstić information content (AvgIpc) is 3.75. The third-order valence-corrected chi connectivity index (χ3v) is 9.54. The van der Waals surface area contributed by atoms with Crippen LogP contribution in [0.25, 0.3) is 0 Å². The maximum atomic E-state index is 13.2. The van der Waals surface area contributed by atoms with E-state index in [1.807, 2.05) is 18.2 Å². The van der Waals surface area contributed by atoms with Gasteiger partial charge in [0.1, 0.15) is 10.8 Å². The van der Waals surface area contributed by atoms with E-state index < -0.39 is 5.91 Å². The highest BCUT2D eigenvalue weighted by Crippen LogP contribution is 2.40. The van der Waals surface area contributed by atoms with Gasteiger partial charge in [0.15, 0.2) is 17.3 Å². The largest absolute Gasteiger partial charge is 0.364 e. The topological polar surface area (TPSA) is 117 Å². The molecular weight excluding hydrogens is 534 g/mol. The predicted molar refractivity (Wildman–Crippen MR) is 162 cm³/mol. The van der Waals surface area contributed by atoms with E-state index in [-0.39, 0.29) is 23.4 Å². The van der Waals surface area contributed by atoms with Crippen LogP contribution in [-0.2, 0) is 6.54 Å². The van der Waals surface area contributed by atoms with Gasteiger partial charge in [0.2, 0.25) is 0 Å². The summed E-state index contributed by atoms with van der Waals surface area (Å²) in [6.45, 7) is 6.00. The minimum absolute atomic E-state index is 0.0968. The molecule has 0 unspecified atom stereocenters. The summed E-state index contributed by atoms with van der Waals surface area (Å²) in [6.07, 6.45) is 10.3. The van der Waals surface area contributed by atoms with Crippen molar-refractivity contribution in [1.29, 1.82) is 0 Å². The molecular formula is C31H39N7O2S. The van der Waals surface area contributed by atoms with Gasteiger partial charge in [-0.1, -0.05) is 30.7 Å². The smallest absolute Gasteiger partial charge is 0.271 e. The SMILES string of the molecule is C[C@@H]1[C@H](CC(=O)c2ccc(C3CC3)cc2)CCCN1c1cnc(C(N)=O)c(Nc2cc(CN3CCCCC3)ns2)n1. The second-order valence-electron chi connectivity index (χ2n) is 11.8. The first-order chi connectivity index (χ1) is 19.9. The van der Waals surface area contributed by atoms with Crippen molar-refractivity contribution in [3.8, 4) is 0 Å². The number of ketones is 1. The molecule has 1 amide bonds. The molecule has 6 rings (SSSR count). The van der Waals surface area contributed by atoms with Crippen molar-refractivity contribution in [3.63, 3.8) is 0 Å². The number of hydrogen-bond acceptors (Lipinski definition) is 9. The lowest BCUT2D eigenvalue weighted by Crippen LogP contribution is -2.44. The Morgan fingerprint density at radius 1 is 1.05 bits per heavy atom. The van der Waals surface area contributed by atoms with Crippen molar-refractivity contribution in [3.05, 3.63) is 59.0 Å². The van der Waals surface area contributed by atoms with Gasteiger partial charge in [-0.25, -0.2) is 9.97 Å². The van der Waals surface area contributed by atoms with Crippen LogP contribution < -0.4 is 16.0 Å². The summed E-state index contributed by atoms with van der Waals surface area (Å²) < 4.78 is 4.61. The van der Waals surface area contributed by atoms with Gasteiger partial charge in [-0.15, -0.1) is 0 Å². The zero-order chi connectivity index (χ0) is 28.3. The lowest BCUT2D eigenvalue weighted by Gasteiger charge is -2.40. The third-order valence-electron chi connectivity index (χ3n) is 8.80. The first-order valence-corrected chi connectivity index (χ1v) is 15.7. The molecule has 2 aliphatic heterocycles. The van der Waals surface area contributed by atoms with Crippen LogP contribution in [0.3, 0.4) is 0 Å². The lowest BCUT2D eigenvalue weighted by molar-refractivity contribution is 0.0944. The molecule has 0 bridgehead atoms. The van der Waals surface area contributed by atoms with Crippen LogP contribution in [0.2, 0.25) is 0 Å². The Hall–Kier alpha value is -3.37. The lowest BCUT2D eigenvalue weighted by atomic mass is 9.85. The number of amides is 1. The summed E-state index contributed by atoms with van der Waals surface area (Å²) in [4.78, 5) is 39.3. The number of nitrogens with zero attached hydrogens (tertiary/aromatic N) is 5. The van der Waals surface area contributed by atoms with E-state index >= 15 is 0 Å². The quantitative estimate of drug-likeness (QED) is 0.305. The second kappa shape index (κ2) is 12.2. The molecule has 2 saturated heterocycles. The van der Waals surface area contributed by atoms with Gasteiger partial charge >= 0.3 is 0 Å². The maximum Gasteiger partial charge on any atom is 0.271 e. The predicted octanol–water partition coefficient (Wildman–Crippen LogP) is 5.52. The molecule has 9 nitrogen and oxygen atoms in total. The maximum absolute atomic E-state index is 13.2. The number of nitrogens with two attached hydrogens (primary N) is 1. The summed E-state index contributed by atoms with van der Waals surface area (Å²) in [5.41, 5.74) is 8.91. The number of aromatic nitrogens is 3. The zero-order valence-electron chi connectivity index (χ0n) is 23.7. The molecule has 0 radical (unpaired) electrons. The number of nitrogens with one attached hydrogen (secondary N) is 1. The van der Waals surface area contributed by atoms with Gasteiger partial charge in [0.25, 0.3) is 5.91 Å². The number of likely N-dealkylation sites (tertiary alicyclic amines) is 1. The highest BCUT2D eigenvalue weighted by Gasteiger charge is 2.32. The summed E-state index contributed by atoms with van der Waals surface area (Å²) in [7, 11) is 0. The molecule has 2 atom stereocenters. The number of anilines is 3. The molecule has 2 aromatic heterocycles. The van der Waals surface area contributed by atoms with Crippen molar-refractivity contribution >= 4 is 39.9 Å². The summed E-state index contributed by atoms with van der Waals surface area (Å²) in [5, 5.41) is 4.07. The normalized spacial score (nSPS) is 21.5. The minimum atomic E-state index is -0.632. The molecule has 41 heavy (non-hydrogen) atoms. The first kappa shape index (κ1) is 27.8. The molecule has 1 aromatic carbocycles. The molecule has 1 aliphatic carbocycles. The van der Waals surface area contributed by atoms with Crippen molar-refractivity contribution in [2.75, 3.05) is 29.9 Å². The highest BCUT2D eigenvalue weighted by atomic mass is 32.1. The first-order valence-electron chi connectivity index (χ1n) is 15.0. The summed E-state index contributed by atoms with van der Waals surface area (Å²) in [5.74, 6) is 1.46. The number of Topliss-reactive ketones (excluding diaryl/α,β-unsaturated/α-hetero) is 1. The van der Waals surface area contributed by atoms with Gasteiger partial charge in [0.05, 0.1) is 11.9 Å². The van der Waals surface area contributed by atoms with Crippen LogP contribution in [0.5, 0.6) is 0 Å². The number of hydrogen-bond donors (Lipinski definition) is 2. The minimum Gasteiger partial charge on any atom is -0.364 e. The van der Waals surface area contributed by atoms with Crippen LogP contribution in [0.1, 0.15) is 96.3 Å². The molecule has 1 saturated carbocycles. The number of carbonyl (C=O) groups excluding carboxylic acids is 2. The Labute approximate surface area is 245 Å². The van der Waals surface area contributed by atoms with Crippen LogP contribution >= 0.6 is 11.5 Å². The van der Waals surface area contributed by atoms with Crippen LogP contribution in [0.4, 0.5) is 16.6 Å². The van der Waals surface area contributed by atoms with Gasteiger partial charge < -0.3 is 16.0 Å². The van der Waals surface area contributed by atoms with Crippen molar-refractivity contribution in [2.24, 2.45) is 11.7 Å². The summed E-state index contributed by atoms with van der Waals surface area (Å²) >= 11 is 1.35. The number of carbonyl (C=O) groups is 2. The van der Waals surface area contributed by atoms with E-state index in [9.17, 15) is 9.59 Å². The van der Waals surface area contributed by atoms with E-state index in [1.165, 1.54) is 49.2 Å². The van der Waals surface area contributed by atoms with E-state index in [2.05, 4.69) is 43.5 Å². The average molecular weight is 574 g/mol. The van der Waals surface area contributed by atoms with Crippen molar-refractivity contribution < 1.29 is 9.59 Å². The van der Waals surface area contributed by atoms with E-state index in [4.69, 9.17) is 10.7 Å². The van der Waals surface area contributed by atoms with E-state index in [1.54, 1.807) is 6.20 Å². The van der Waals surface area contributed by atoms with Crippen LogP contribution in [-0.4, -0.2) is 56.6 Å². The molecule has 10 heteroatoms. The molecule has 3 N–H and O–H groups in total. The molecule has 216 valence electrons. The van der Waals surface area contributed by atoms with E-state index in [0.717, 1.165) is 55.3 Å². The zero-order valence-corrected chi connectivity index (χ0v) is 24.5. The molecule has 3 aliphatic rings. The molecule has 0 spiro atoms. The Morgan fingerprint density at radius 3 is 2.56 bits per heavy atom. The fourth-order valence-corrected chi connectivity index (χ4v) is 6.88. The Bertz CT molecular complexity index is 1380. The number of benzene rings is 1. The number of primary amides is 1. The molecule has 4 heterocycles. The molecule has 3 fully saturated rings. The number of rotatable bonds is 10. The van der Waals surface area contributed by atoms with Gasteiger partial charge in [0, 0.05) is 31.1 Å². The van der Waals surface area contributed by atoms with Crippen LogP contribution in [0.15, 0.2) is 36.5 Å². The van der Waals surface area contributed by atoms with E-state index in [0.29, 0.717) is 24.0 Å². The fourth-order valence-electron chi connectivity index (χ4n) is 6.23. The van der Waals surface area contributed by atoms with Gasteiger partial charge in [-0.3, -0.25) is 14.5 Å². The number of piperidine rings is 2. The second-order valence-corrected chi connectivity index (χ2v) is 12.6. The van der Waals surface area contributed by atoms with Crippen molar-refractivity contribution in [2.45, 2.75) is 76.8 Å². The Morgan fingerprint density at radius 2 is 1.83 bits per heavy atom. The monoisotopic (exact) mass is 573 g/mol.